The monoisotopic (exact) mass is 349 g/mol. The van der Waals surface area contributed by atoms with E-state index in [1.54, 1.807) is 19.4 Å². The lowest BCUT2D eigenvalue weighted by Crippen LogP contribution is -2.49. The van der Waals surface area contributed by atoms with Crippen molar-refractivity contribution in [1.29, 1.82) is 0 Å². The minimum atomic E-state index is -0.120. The summed E-state index contributed by atoms with van der Waals surface area (Å²) in [4.78, 5) is 30.3. The minimum Gasteiger partial charge on any atom is -0.378 e. The van der Waals surface area contributed by atoms with Gasteiger partial charge >= 0.3 is 6.03 Å². The molecule has 25 heavy (non-hydrogen) atoms. The number of carbonyl (C=O) groups is 1. The second-order valence-electron chi connectivity index (χ2n) is 6.75. The van der Waals surface area contributed by atoms with Crippen LogP contribution in [0.15, 0.2) is 17.2 Å². The van der Waals surface area contributed by atoms with Crippen LogP contribution in [0.1, 0.15) is 32.1 Å². The molecule has 2 fully saturated rings. The molecule has 1 unspecified atom stereocenters. The molecule has 3 heterocycles. The van der Waals surface area contributed by atoms with Gasteiger partial charge in [-0.1, -0.05) is 0 Å². The third-order valence-electron chi connectivity index (χ3n) is 4.90. The first-order valence-electron chi connectivity index (χ1n) is 9.06. The number of ether oxygens (including phenoxy) is 1. The van der Waals surface area contributed by atoms with Crippen LogP contribution < -0.4 is 21.1 Å². The number of carbonyl (C=O) groups excluding carboxylic acids is 1. The van der Waals surface area contributed by atoms with E-state index in [2.05, 4.69) is 15.6 Å². The Hall–Kier alpha value is -2.09. The summed E-state index contributed by atoms with van der Waals surface area (Å²) >= 11 is 0. The van der Waals surface area contributed by atoms with Crippen LogP contribution in [0, 0.1) is 0 Å². The highest BCUT2D eigenvalue weighted by Crippen LogP contribution is 2.15. The number of amides is 2. The molecule has 0 bridgehead atoms. The molecule has 1 aromatic rings. The van der Waals surface area contributed by atoms with Crippen LogP contribution in [-0.2, 0) is 11.8 Å². The Bertz CT molecular complexity index is 633. The van der Waals surface area contributed by atoms with E-state index in [4.69, 9.17) is 4.74 Å². The smallest absolute Gasteiger partial charge is 0.315 e. The molecule has 1 aromatic heterocycles. The van der Waals surface area contributed by atoms with Gasteiger partial charge in [-0.05, 0) is 32.1 Å². The molecule has 0 spiro atoms. The molecule has 138 valence electrons. The molecule has 2 amide bonds. The van der Waals surface area contributed by atoms with Crippen molar-refractivity contribution in [2.75, 3.05) is 31.1 Å². The summed E-state index contributed by atoms with van der Waals surface area (Å²) < 4.78 is 7.08. The van der Waals surface area contributed by atoms with Gasteiger partial charge in [-0.2, -0.15) is 0 Å². The summed E-state index contributed by atoms with van der Waals surface area (Å²) in [5, 5.41) is 5.93. The summed E-state index contributed by atoms with van der Waals surface area (Å²) in [5.74, 6) is 0.490. The quantitative estimate of drug-likeness (QED) is 0.813. The number of hydrogen-bond acceptors (Lipinski definition) is 5. The highest BCUT2D eigenvalue weighted by Gasteiger charge is 2.23. The van der Waals surface area contributed by atoms with Crippen molar-refractivity contribution < 1.29 is 9.53 Å². The molecule has 2 aliphatic rings. The average Bonchev–Trinajstić information content (AvgIpc) is 3.12. The van der Waals surface area contributed by atoms with Crippen molar-refractivity contribution in [3.8, 4) is 0 Å². The second-order valence-corrected chi connectivity index (χ2v) is 6.75. The maximum absolute atomic E-state index is 12.1. The molecular formula is C17H27N5O3. The Labute approximate surface area is 147 Å². The molecular weight excluding hydrogens is 322 g/mol. The fraction of sp³-hybridized carbons (Fsp3) is 0.706. The molecule has 1 atom stereocenters. The minimum absolute atomic E-state index is 0.0826. The van der Waals surface area contributed by atoms with Crippen molar-refractivity contribution in [2.24, 2.45) is 7.05 Å². The van der Waals surface area contributed by atoms with Gasteiger partial charge in [0.25, 0.3) is 5.56 Å². The Morgan fingerprint density at radius 1 is 1.36 bits per heavy atom. The van der Waals surface area contributed by atoms with Crippen molar-refractivity contribution in [2.45, 2.75) is 44.2 Å². The predicted octanol–water partition coefficient (Wildman–Crippen LogP) is 0.617. The molecule has 0 aliphatic carbocycles. The molecule has 2 saturated heterocycles. The number of anilines is 1. The number of nitrogens with one attached hydrogen (secondary N) is 2. The fourth-order valence-corrected chi connectivity index (χ4v) is 3.39. The van der Waals surface area contributed by atoms with Gasteiger partial charge in [-0.25, -0.2) is 9.78 Å². The summed E-state index contributed by atoms with van der Waals surface area (Å²) in [7, 11) is 1.72. The van der Waals surface area contributed by atoms with Gasteiger partial charge in [0, 0.05) is 51.7 Å². The molecule has 3 rings (SSSR count). The van der Waals surface area contributed by atoms with Crippen LogP contribution in [0.4, 0.5) is 10.6 Å². The number of piperidine rings is 1. The highest BCUT2D eigenvalue weighted by molar-refractivity contribution is 5.74. The molecule has 0 saturated carbocycles. The van der Waals surface area contributed by atoms with Crippen LogP contribution in [0.5, 0.6) is 0 Å². The van der Waals surface area contributed by atoms with Gasteiger partial charge in [0.1, 0.15) is 0 Å². The van der Waals surface area contributed by atoms with Crippen LogP contribution in [0.3, 0.4) is 0 Å². The normalized spacial score (nSPS) is 21.3. The number of urea groups is 1. The maximum Gasteiger partial charge on any atom is 0.315 e. The van der Waals surface area contributed by atoms with Gasteiger partial charge < -0.3 is 24.8 Å². The van der Waals surface area contributed by atoms with E-state index in [-0.39, 0.29) is 17.6 Å². The van der Waals surface area contributed by atoms with E-state index in [9.17, 15) is 9.59 Å². The SMILES string of the molecule is Cn1ccnc(N2CCC(NC(=O)NCCC3CCCO3)CC2)c1=O. The van der Waals surface area contributed by atoms with Crippen molar-refractivity contribution in [3.05, 3.63) is 22.7 Å². The zero-order valence-corrected chi connectivity index (χ0v) is 14.7. The van der Waals surface area contributed by atoms with Crippen LogP contribution in [-0.4, -0.2) is 54.0 Å². The lowest BCUT2D eigenvalue weighted by Gasteiger charge is -2.32. The lowest BCUT2D eigenvalue weighted by atomic mass is 10.1. The highest BCUT2D eigenvalue weighted by atomic mass is 16.5. The Kier molecular flexibility index (Phi) is 5.91. The summed E-state index contributed by atoms with van der Waals surface area (Å²) in [6, 6.07) is 0.0109. The average molecular weight is 349 g/mol. The number of hydrogen-bond donors (Lipinski definition) is 2. The maximum atomic E-state index is 12.1. The lowest BCUT2D eigenvalue weighted by molar-refractivity contribution is 0.104. The third-order valence-corrected chi connectivity index (χ3v) is 4.90. The Morgan fingerprint density at radius 2 is 2.16 bits per heavy atom. The molecule has 8 nitrogen and oxygen atoms in total. The molecule has 2 aliphatic heterocycles. The summed E-state index contributed by atoms with van der Waals surface area (Å²) in [6.07, 6.45) is 8.28. The van der Waals surface area contributed by atoms with E-state index < -0.39 is 0 Å². The van der Waals surface area contributed by atoms with Crippen molar-refractivity contribution in [3.63, 3.8) is 0 Å². The van der Waals surface area contributed by atoms with Gasteiger partial charge in [0.15, 0.2) is 5.82 Å². The molecule has 0 radical (unpaired) electrons. The first-order valence-corrected chi connectivity index (χ1v) is 9.06. The Morgan fingerprint density at radius 3 is 2.88 bits per heavy atom. The number of aromatic nitrogens is 2. The first-order chi connectivity index (χ1) is 12.1. The third kappa shape index (κ3) is 4.72. The van der Waals surface area contributed by atoms with Crippen molar-refractivity contribution >= 4 is 11.8 Å². The molecule has 8 heteroatoms. The van der Waals surface area contributed by atoms with E-state index in [1.807, 2.05) is 4.90 Å². The van der Waals surface area contributed by atoms with E-state index in [0.717, 1.165) is 38.7 Å². The number of aryl methyl sites for hydroxylation is 1. The van der Waals surface area contributed by atoms with E-state index in [1.165, 1.54) is 4.57 Å². The van der Waals surface area contributed by atoms with Crippen LogP contribution >= 0.6 is 0 Å². The topological polar surface area (TPSA) is 88.5 Å². The van der Waals surface area contributed by atoms with Crippen LogP contribution in [0.25, 0.3) is 0 Å². The molecule has 0 aromatic carbocycles. The van der Waals surface area contributed by atoms with E-state index in [0.29, 0.717) is 31.6 Å². The van der Waals surface area contributed by atoms with E-state index >= 15 is 0 Å². The predicted molar refractivity (Wildman–Crippen MR) is 94.8 cm³/mol. The Balaban J connectivity index is 1.39. The van der Waals surface area contributed by atoms with Gasteiger partial charge in [-0.3, -0.25) is 4.79 Å². The largest absolute Gasteiger partial charge is 0.378 e. The summed E-state index contributed by atoms with van der Waals surface area (Å²) in [6.45, 7) is 2.91. The van der Waals surface area contributed by atoms with Gasteiger partial charge in [-0.15, -0.1) is 0 Å². The second kappa shape index (κ2) is 8.33. The zero-order chi connectivity index (χ0) is 17.6. The standard InChI is InChI=1S/C17H27N5O3/c1-21-11-8-18-15(16(21)23)22-9-5-13(6-10-22)20-17(24)19-7-4-14-3-2-12-25-14/h8,11,13-14H,2-7,9-10,12H2,1H3,(H2,19,20,24). The molecule has 2 N–H and O–H groups in total. The zero-order valence-electron chi connectivity index (χ0n) is 14.7. The summed E-state index contributed by atoms with van der Waals surface area (Å²) in [5.41, 5.74) is -0.0826. The van der Waals surface area contributed by atoms with Crippen LogP contribution in [0.2, 0.25) is 0 Å². The van der Waals surface area contributed by atoms with Gasteiger partial charge in [0.2, 0.25) is 0 Å². The van der Waals surface area contributed by atoms with Crippen molar-refractivity contribution in [1.82, 2.24) is 20.2 Å². The fourth-order valence-electron chi connectivity index (χ4n) is 3.39. The van der Waals surface area contributed by atoms with Gasteiger partial charge in [0.05, 0.1) is 6.10 Å². The number of rotatable bonds is 5. The number of nitrogens with zero attached hydrogens (tertiary/aromatic N) is 3. The first kappa shape index (κ1) is 17.7.